The molecule has 0 unspecified atom stereocenters. The first kappa shape index (κ1) is 16.4. The molecule has 0 spiro atoms. The third-order valence-corrected chi connectivity index (χ3v) is 2.83. The van der Waals surface area contributed by atoms with Crippen LogP contribution in [-0.4, -0.2) is 16.3 Å². The molecule has 0 atom stereocenters. The van der Waals surface area contributed by atoms with Crippen LogP contribution >= 0.6 is 0 Å². The van der Waals surface area contributed by atoms with E-state index in [9.17, 15) is 0 Å². The molecule has 1 heteroatoms. The highest BCUT2D eigenvalue weighted by atomic mass is 15.1. The molecule has 1 nitrogen and oxygen atoms in total. The van der Waals surface area contributed by atoms with Crippen LogP contribution in [0.5, 0.6) is 0 Å². The highest BCUT2D eigenvalue weighted by molar-refractivity contribution is 5.52. The molecule has 0 N–H and O–H groups in total. The van der Waals surface area contributed by atoms with Crippen molar-refractivity contribution in [2.45, 2.75) is 79.7 Å². The Labute approximate surface area is 109 Å². The standard InChI is InChI=1S/C14H26N.C2H6/c1-13(2,3)12-14(4,5)15-10-8-6-7-9-11-15;1-2/h8,10-11H,6-7,9,12H2,1-5H3;1-2H3/q+1;. The molecule has 0 saturated carbocycles. The Morgan fingerprint density at radius 1 is 1.00 bits per heavy atom. The number of hydrogen-bond donors (Lipinski definition) is 0. The Balaban J connectivity index is 0.00000121. The molecule has 1 heterocycles. The topological polar surface area (TPSA) is 3.01 Å². The molecule has 0 saturated heterocycles. The van der Waals surface area contributed by atoms with E-state index in [4.69, 9.17) is 0 Å². The average molecular weight is 238 g/mol. The second-order valence-electron chi connectivity index (χ2n) is 6.46. The molecule has 0 aliphatic carbocycles. The lowest BCUT2D eigenvalue weighted by atomic mass is 9.81. The molecule has 17 heavy (non-hydrogen) atoms. The quantitative estimate of drug-likeness (QED) is 0.595. The molecule has 0 bridgehead atoms. The fourth-order valence-corrected chi connectivity index (χ4v) is 2.55. The summed E-state index contributed by atoms with van der Waals surface area (Å²) >= 11 is 0. The van der Waals surface area contributed by atoms with Crippen molar-refractivity contribution in [1.82, 2.24) is 0 Å². The maximum atomic E-state index is 2.41. The maximum Gasteiger partial charge on any atom is 0.164 e. The van der Waals surface area contributed by atoms with Crippen LogP contribution in [0.3, 0.4) is 0 Å². The van der Waals surface area contributed by atoms with E-state index in [0.717, 1.165) is 0 Å². The van der Waals surface area contributed by atoms with Crippen LogP contribution < -0.4 is 0 Å². The smallest absolute Gasteiger partial charge is 0.164 e. The van der Waals surface area contributed by atoms with Gasteiger partial charge in [0.2, 0.25) is 0 Å². The van der Waals surface area contributed by atoms with Crippen molar-refractivity contribution in [1.29, 1.82) is 0 Å². The summed E-state index contributed by atoms with van der Waals surface area (Å²) in [5.74, 6) is 0. The molecule has 0 fully saturated rings. The lowest BCUT2D eigenvalue weighted by molar-refractivity contribution is -0.540. The Morgan fingerprint density at radius 2 is 1.59 bits per heavy atom. The van der Waals surface area contributed by atoms with Gasteiger partial charge in [-0.3, -0.25) is 0 Å². The van der Waals surface area contributed by atoms with E-state index in [0.29, 0.717) is 5.41 Å². The monoisotopic (exact) mass is 238 g/mol. The molecule has 0 aromatic rings. The van der Waals surface area contributed by atoms with E-state index < -0.39 is 0 Å². The van der Waals surface area contributed by atoms with E-state index in [1.54, 1.807) is 0 Å². The van der Waals surface area contributed by atoms with Crippen molar-refractivity contribution < 1.29 is 4.58 Å². The number of nitrogens with zero attached hydrogens (tertiary/aromatic N) is 1. The summed E-state index contributed by atoms with van der Waals surface area (Å²) in [4.78, 5) is 0. The molecule has 0 aromatic carbocycles. The zero-order chi connectivity index (χ0) is 13.5. The van der Waals surface area contributed by atoms with Crippen LogP contribution in [0.25, 0.3) is 0 Å². The SMILES string of the molecule is CC.CC(C)(C)CC(C)(C)[N+]1=CCCCC=C1. The molecular weight excluding hydrogens is 206 g/mol. The molecule has 100 valence electrons. The first-order chi connectivity index (χ1) is 7.81. The van der Waals surface area contributed by atoms with Gasteiger partial charge in [0.25, 0.3) is 0 Å². The van der Waals surface area contributed by atoms with Gasteiger partial charge >= 0.3 is 0 Å². The van der Waals surface area contributed by atoms with Gasteiger partial charge in [-0.05, 0) is 24.3 Å². The number of hydrogen-bond acceptors (Lipinski definition) is 0. The number of allylic oxidation sites excluding steroid dienone is 1. The van der Waals surface area contributed by atoms with Gasteiger partial charge in [-0.25, -0.2) is 4.58 Å². The van der Waals surface area contributed by atoms with Gasteiger partial charge in [0.15, 0.2) is 11.7 Å². The van der Waals surface area contributed by atoms with Crippen LogP contribution in [0, 0.1) is 5.41 Å². The van der Waals surface area contributed by atoms with Gasteiger partial charge in [-0.15, -0.1) is 0 Å². The molecular formula is C16H32N+. The van der Waals surface area contributed by atoms with Crippen molar-refractivity contribution in [3.8, 4) is 0 Å². The predicted octanol–water partition coefficient (Wildman–Crippen LogP) is 5.01. The van der Waals surface area contributed by atoms with E-state index in [1.165, 1.54) is 25.7 Å². The zero-order valence-corrected chi connectivity index (χ0v) is 13.0. The fourth-order valence-electron chi connectivity index (χ4n) is 2.55. The normalized spacial score (nSPS) is 16.8. The number of rotatable bonds is 2. The third-order valence-electron chi connectivity index (χ3n) is 2.83. The molecule has 1 aliphatic rings. The highest BCUT2D eigenvalue weighted by Crippen LogP contribution is 2.29. The predicted molar refractivity (Wildman–Crippen MR) is 78.8 cm³/mol. The largest absolute Gasteiger partial charge is 0.205 e. The van der Waals surface area contributed by atoms with E-state index in [2.05, 4.69) is 57.7 Å². The minimum atomic E-state index is 0.235. The summed E-state index contributed by atoms with van der Waals surface area (Å²) in [5, 5.41) is 0. The van der Waals surface area contributed by atoms with Crippen LogP contribution in [0.1, 0.15) is 74.1 Å². The van der Waals surface area contributed by atoms with Crippen molar-refractivity contribution in [3.05, 3.63) is 12.3 Å². The van der Waals surface area contributed by atoms with E-state index in [1.807, 2.05) is 13.8 Å². The molecule has 1 rings (SSSR count). The molecule has 1 aliphatic heterocycles. The van der Waals surface area contributed by atoms with Gasteiger partial charge in [0.1, 0.15) is 6.21 Å². The molecule has 0 amide bonds. The van der Waals surface area contributed by atoms with E-state index >= 15 is 0 Å². The van der Waals surface area contributed by atoms with Crippen LogP contribution in [0.15, 0.2) is 12.3 Å². The van der Waals surface area contributed by atoms with Gasteiger partial charge in [0.05, 0.1) is 0 Å². The Morgan fingerprint density at radius 3 is 2.12 bits per heavy atom. The zero-order valence-electron chi connectivity index (χ0n) is 13.0. The Hall–Kier alpha value is -0.590. The van der Waals surface area contributed by atoms with Crippen molar-refractivity contribution in [2.24, 2.45) is 5.41 Å². The van der Waals surface area contributed by atoms with Gasteiger partial charge < -0.3 is 0 Å². The van der Waals surface area contributed by atoms with Gasteiger partial charge in [0, 0.05) is 26.7 Å². The van der Waals surface area contributed by atoms with Crippen LogP contribution in [0.2, 0.25) is 0 Å². The molecule has 0 radical (unpaired) electrons. The summed E-state index contributed by atoms with van der Waals surface area (Å²) in [6, 6.07) is 0. The summed E-state index contributed by atoms with van der Waals surface area (Å²) in [6.07, 6.45) is 11.8. The highest BCUT2D eigenvalue weighted by Gasteiger charge is 2.34. The average Bonchev–Trinajstić information content (AvgIpc) is 2.45. The van der Waals surface area contributed by atoms with Crippen LogP contribution in [-0.2, 0) is 0 Å². The second kappa shape index (κ2) is 6.98. The second-order valence-corrected chi connectivity index (χ2v) is 6.46. The minimum absolute atomic E-state index is 0.235. The fraction of sp³-hybridized carbons (Fsp3) is 0.812. The third kappa shape index (κ3) is 6.65. The summed E-state index contributed by atoms with van der Waals surface area (Å²) < 4.78 is 2.41. The summed E-state index contributed by atoms with van der Waals surface area (Å²) in [5.41, 5.74) is 0.622. The van der Waals surface area contributed by atoms with Crippen molar-refractivity contribution in [2.75, 3.05) is 0 Å². The summed E-state index contributed by atoms with van der Waals surface area (Å²) in [6.45, 7) is 15.6. The maximum absolute atomic E-state index is 2.41. The lowest BCUT2D eigenvalue weighted by Crippen LogP contribution is -2.37. The van der Waals surface area contributed by atoms with Crippen molar-refractivity contribution >= 4 is 6.21 Å². The minimum Gasteiger partial charge on any atom is -0.205 e. The molecule has 0 aromatic heterocycles. The Bertz CT molecular complexity index is 264. The summed E-state index contributed by atoms with van der Waals surface area (Å²) in [7, 11) is 0. The first-order valence-electron chi connectivity index (χ1n) is 7.10. The van der Waals surface area contributed by atoms with E-state index in [-0.39, 0.29) is 5.54 Å². The van der Waals surface area contributed by atoms with Gasteiger partial charge in [-0.1, -0.05) is 34.6 Å². The first-order valence-corrected chi connectivity index (χ1v) is 7.10. The Kier molecular flexibility index (Phi) is 6.74. The lowest BCUT2D eigenvalue weighted by Gasteiger charge is -2.28. The van der Waals surface area contributed by atoms with Crippen molar-refractivity contribution in [3.63, 3.8) is 0 Å². The van der Waals surface area contributed by atoms with Gasteiger partial charge in [-0.2, -0.15) is 0 Å². The van der Waals surface area contributed by atoms with Crippen LogP contribution in [0.4, 0.5) is 0 Å².